The van der Waals surface area contributed by atoms with E-state index in [9.17, 15) is 9.90 Å². The number of aromatic nitrogens is 5. The largest absolute Gasteiger partial charge is 0.508 e. The molecule has 0 aliphatic rings. The van der Waals surface area contributed by atoms with Crippen LogP contribution in [0.3, 0.4) is 0 Å². The Balaban J connectivity index is 1.68. The van der Waals surface area contributed by atoms with Gasteiger partial charge in [-0.3, -0.25) is 4.79 Å². The Labute approximate surface area is 169 Å². The van der Waals surface area contributed by atoms with Gasteiger partial charge in [0.05, 0.1) is 6.21 Å². The Bertz CT molecular complexity index is 1210. The minimum absolute atomic E-state index is 0.00516. The van der Waals surface area contributed by atoms with Gasteiger partial charge in [0.25, 0.3) is 5.91 Å². The molecule has 0 aliphatic carbocycles. The molecule has 1 amide bonds. The Kier molecular flexibility index (Phi) is 4.91. The van der Waals surface area contributed by atoms with E-state index in [1.165, 1.54) is 23.0 Å². The zero-order chi connectivity index (χ0) is 21.1. The number of nitrogens with two attached hydrogens (primary N) is 1. The number of carbonyl (C=O) groups is 1. The van der Waals surface area contributed by atoms with E-state index in [2.05, 4.69) is 35.8 Å². The highest BCUT2D eigenvalue weighted by atomic mass is 16.6. The fourth-order valence-electron chi connectivity index (χ4n) is 2.67. The van der Waals surface area contributed by atoms with Crippen LogP contribution in [-0.4, -0.2) is 42.5 Å². The summed E-state index contributed by atoms with van der Waals surface area (Å²) in [7, 11) is 0. The number of amides is 1. The standard InChI is InChI=1S/C19H16N8O3/c1-11-2-6-13(7-3-11)16-15(22-26-27(16)18-17(20)24-30-25-18)19(29)23-21-10-12-4-8-14(28)9-5-12/h2-10,28H,1H3,(H2,20,24)(H,23,29)/b21-10+. The number of aryl methyl sites for hydroxylation is 1. The number of hydrogen-bond acceptors (Lipinski definition) is 9. The van der Waals surface area contributed by atoms with Gasteiger partial charge in [0.2, 0.25) is 11.6 Å². The van der Waals surface area contributed by atoms with Crippen LogP contribution in [0.1, 0.15) is 21.6 Å². The van der Waals surface area contributed by atoms with E-state index in [-0.39, 0.29) is 23.1 Å². The first-order valence-corrected chi connectivity index (χ1v) is 8.76. The summed E-state index contributed by atoms with van der Waals surface area (Å²) in [4.78, 5) is 12.7. The van der Waals surface area contributed by atoms with E-state index in [0.717, 1.165) is 5.56 Å². The minimum atomic E-state index is -0.582. The number of hydrogen-bond donors (Lipinski definition) is 3. The molecule has 0 bridgehead atoms. The highest BCUT2D eigenvalue weighted by Crippen LogP contribution is 2.26. The van der Waals surface area contributed by atoms with Crippen molar-refractivity contribution in [1.29, 1.82) is 0 Å². The number of nitrogens with zero attached hydrogens (tertiary/aromatic N) is 6. The number of rotatable bonds is 5. The van der Waals surface area contributed by atoms with Crippen molar-refractivity contribution in [3.05, 3.63) is 65.4 Å². The SMILES string of the molecule is Cc1ccc(-c2c(C(=O)N/N=C/c3ccc(O)cc3)nnn2-c2nonc2N)cc1. The van der Waals surface area contributed by atoms with Gasteiger partial charge < -0.3 is 10.8 Å². The fraction of sp³-hybridized carbons (Fsp3) is 0.0526. The second-order valence-electron chi connectivity index (χ2n) is 6.33. The molecule has 11 nitrogen and oxygen atoms in total. The molecule has 0 radical (unpaired) electrons. The molecule has 2 aromatic heterocycles. The summed E-state index contributed by atoms with van der Waals surface area (Å²) < 4.78 is 5.93. The molecule has 4 aromatic rings. The quantitative estimate of drug-likeness (QED) is 0.335. The van der Waals surface area contributed by atoms with Crippen molar-refractivity contribution in [3.63, 3.8) is 0 Å². The Morgan fingerprint density at radius 2 is 1.90 bits per heavy atom. The molecule has 0 saturated carbocycles. The summed E-state index contributed by atoms with van der Waals surface area (Å²) >= 11 is 0. The molecule has 0 unspecified atom stereocenters. The van der Waals surface area contributed by atoms with Gasteiger partial charge in [0.1, 0.15) is 11.4 Å². The average Bonchev–Trinajstić information content (AvgIpc) is 3.36. The highest BCUT2D eigenvalue weighted by Gasteiger charge is 2.25. The van der Waals surface area contributed by atoms with Crippen LogP contribution in [0.4, 0.5) is 5.82 Å². The van der Waals surface area contributed by atoms with Crippen molar-refractivity contribution in [2.24, 2.45) is 5.10 Å². The first-order chi connectivity index (χ1) is 14.5. The first-order valence-electron chi connectivity index (χ1n) is 8.76. The molecule has 0 atom stereocenters. The summed E-state index contributed by atoms with van der Waals surface area (Å²) in [5.41, 5.74) is 11.0. The summed E-state index contributed by atoms with van der Waals surface area (Å²) in [6, 6.07) is 13.8. The van der Waals surface area contributed by atoms with Crippen LogP contribution in [-0.2, 0) is 0 Å². The molecule has 0 spiro atoms. The van der Waals surface area contributed by atoms with Crippen LogP contribution in [0.2, 0.25) is 0 Å². The van der Waals surface area contributed by atoms with Gasteiger partial charge in [-0.2, -0.15) is 9.78 Å². The number of nitrogen functional groups attached to an aromatic ring is 1. The van der Waals surface area contributed by atoms with E-state index < -0.39 is 5.91 Å². The molecule has 0 saturated heterocycles. The number of benzene rings is 2. The van der Waals surface area contributed by atoms with Crippen LogP contribution in [0.5, 0.6) is 5.75 Å². The topological polar surface area (TPSA) is 157 Å². The second-order valence-corrected chi connectivity index (χ2v) is 6.33. The Morgan fingerprint density at radius 3 is 2.57 bits per heavy atom. The van der Waals surface area contributed by atoms with Crippen molar-refractivity contribution in [3.8, 4) is 22.8 Å². The molecule has 2 heterocycles. The zero-order valence-corrected chi connectivity index (χ0v) is 15.7. The molecule has 2 aromatic carbocycles. The third-order valence-corrected chi connectivity index (χ3v) is 4.18. The van der Waals surface area contributed by atoms with E-state index >= 15 is 0 Å². The van der Waals surface area contributed by atoms with Gasteiger partial charge in [-0.25, -0.2) is 10.1 Å². The molecule has 150 valence electrons. The van der Waals surface area contributed by atoms with Gasteiger partial charge in [-0.1, -0.05) is 35.0 Å². The lowest BCUT2D eigenvalue weighted by Gasteiger charge is -2.06. The fourth-order valence-corrected chi connectivity index (χ4v) is 2.67. The molecule has 30 heavy (non-hydrogen) atoms. The molecular formula is C19H16N8O3. The monoisotopic (exact) mass is 404 g/mol. The number of nitrogens with one attached hydrogen (secondary N) is 1. The lowest BCUT2D eigenvalue weighted by molar-refractivity contribution is 0.0950. The van der Waals surface area contributed by atoms with Crippen LogP contribution in [0.25, 0.3) is 17.1 Å². The van der Waals surface area contributed by atoms with E-state index in [4.69, 9.17) is 5.73 Å². The Morgan fingerprint density at radius 1 is 1.17 bits per heavy atom. The number of aromatic hydroxyl groups is 1. The van der Waals surface area contributed by atoms with Crippen molar-refractivity contribution < 1.29 is 14.5 Å². The predicted octanol–water partition coefficient (Wildman–Crippen LogP) is 1.68. The molecule has 4 rings (SSSR count). The summed E-state index contributed by atoms with van der Waals surface area (Å²) in [6.45, 7) is 1.95. The third-order valence-electron chi connectivity index (χ3n) is 4.18. The van der Waals surface area contributed by atoms with Crippen LogP contribution < -0.4 is 11.2 Å². The summed E-state index contributed by atoms with van der Waals surface area (Å²) in [5, 5.41) is 28.5. The normalized spacial score (nSPS) is 11.1. The maximum absolute atomic E-state index is 12.7. The second kappa shape index (κ2) is 7.83. The lowest BCUT2D eigenvalue weighted by atomic mass is 10.1. The number of hydrazone groups is 1. The molecule has 11 heteroatoms. The maximum Gasteiger partial charge on any atom is 0.294 e. The summed E-state index contributed by atoms with van der Waals surface area (Å²) in [6.07, 6.45) is 1.44. The molecular weight excluding hydrogens is 388 g/mol. The minimum Gasteiger partial charge on any atom is -0.508 e. The van der Waals surface area contributed by atoms with Gasteiger partial charge in [0.15, 0.2) is 5.69 Å². The van der Waals surface area contributed by atoms with Gasteiger partial charge in [-0.15, -0.1) is 5.10 Å². The first kappa shape index (κ1) is 18.8. The molecule has 0 fully saturated rings. The van der Waals surface area contributed by atoms with Gasteiger partial charge >= 0.3 is 0 Å². The third kappa shape index (κ3) is 3.71. The van der Waals surface area contributed by atoms with Crippen molar-refractivity contribution in [2.75, 3.05) is 5.73 Å². The number of phenolic OH excluding ortho intramolecular Hbond substituents is 1. The van der Waals surface area contributed by atoms with Crippen LogP contribution in [0.15, 0.2) is 58.3 Å². The molecule has 4 N–H and O–H groups in total. The maximum atomic E-state index is 12.7. The van der Waals surface area contributed by atoms with Crippen LogP contribution >= 0.6 is 0 Å². The Hall–Kier alpha value is -4.54. The van der Waals surface area contributed by atoms with Crippen molar-refractivity contribution >= 4 is 17.9 Å². The zero-order valence-electron chi connectivity index (χ0n) is 15.7. The predicted molar refractivity (Wildman–Crippen MR) is 107 cm³/mol. The highest BCUT2D eigenvalue weighted by molar-refractivity contribution is 5.98. The number of anilines is 1. The molecule has 0 aliphatic heterocycles. The number of phenols is 1. The summed E-state index contributed by atoms with van der Waals surface area (Å²) in [5.74, 6) is -0.325. The van der Waals surface area contributed by atoms with Crippen LogP contribution in [0, 0.1) is 6.92 Å². The van der Waals surface area contributed by atoms with Crippen molar-refractivity contribution in [1.82, 2.24) is 30.7 Å². The van der Waals surface area contributed by atoms with E-state index in [1.54, 1.807) is 12.1 Å². The smallest absolute Gasteiger partial charge is 0.294 e. The van der Waals surface area contributed by atoms with Gasteiger partial charge in [-0.05, 0) is 47.1 Å². The van der Waals surface area contributed by atoms with Gasteiger partial charge in [0, 0.05) is 5.56 Å². The van der Waals surface area contributed by atoms with E-state index in [1.807, 2.05) is 31.2 Å². The lowest BCUT2D eigenvalue weighted by Crippen LogP contribution is -2.19. The average molecular weight is 404 g/mol. The van der Waals surface area contributed by atoms with E-state index in [0.29, 0.717) is 16.8 Å². The number of carbonyl (C=O) groups excluding carboxylic acids is 1. The van der Waals surface area contributed by atoms with Crippen molar-refractivity contribution in [2.45, 2.75) is 6.92 Å².